The number of allylic oxidation sites excluding steroid dienone is 5. The fourth-order valence-electron chi connectivity index (χ4n) is 8.26. The minimum absolute atomic E-state index is 0.274. The van der Waals surface area contributed by atoms with E-state index >= 15 is 0 Å². The summed E-state index contributed by atoms with van der Waals surface area (Å²) in [4.78, 5) is 0. The van der Waals surface area contributed by atoms with E-state index in [2.05, 4.69) is 194 Å². The van der Waals surface area contributed by atoms with Crippen LogP contribution in [0, 0.1) is 5.92 Å². The van der Waals surface area contributed by atoms with Gasteiger partial charge >= 0.3 is 0 Å². The predicted molar refractivity (Wildman–Crippen MR) is 214 cm³/mol. The Morgan fingerprint density at radius 2 is 0.820 bits per heavy atom. The van der Waals surface area contributed by atoms with Gasteiger partial charge in [0.05, 0.1) is 0 Å². The van der Waals surface area contributed by atoms with E-state index in [0.717, 1.165) is 0 Å². The molecule has 0 bridgehead atoms. The van der Waals surface area contributed by atoms with Crippen LogP contribution >= 0.6 is 0 Å². The van der Waals surface area contributed by atoms with E-state index in [0.29, 0.717) is 0 Å². The van der Waals surface area contributed by atoms with Crippen LogP contribution in [0.3, 0.4) is 0 Å². The molecule has 0 aliphatic heterocycles. The van der Waals surface area contributed by atoms with E-state index in [1.54, 1.807) is 0 Å². The second kappa shape index (κ2) is 11.7. The van der Waals surface area contributed by atoms with Gasteiger partial charge in [0.25, 0.3) is 0 Å². The third-order valence-electron chi connectivity index (χ3n) is 10.9. The zero-order valence-corrected chi connectivity index (χ0v) is 27.6. The first-order valence-corrected chi connectivity index (χ1v) is 17.6. The van der Waals surface area contributed by atoms with Gasteiger partial charge in [0, 0.05) is 11.8 Å². The average molecular weight is 635 g/mol. The SMILES string of the molecule is C1=CC2C(c3ccc(-c4ccc5ccccc5c4)cc3)=Cc3c(cc(-c4ccc(-c5ccc6ccccc6c5)cc4)c4ccccc34)C2C=C1. The molecule has 0 amide bonds. The highest BCUT2D eigenvalue weighted by Crippen LogP contribution is 2.49. The Bertz CT molecular complexity index is 2680. The predicted octanol–water partition coefficient (Wildman–Crippen LogP) is 13.5. The molecule has 50 heavy (non-hydrogen) atoms. The lowest BCUT2D eigenvalue weighted by molar-refractivity contribution is 0.710. The number of benzene rings is 8. The van der Waals surface area contributed by atoms with Gasteiger partial charge in [-0.05, 0) is 112 Å². The number of hydrogen-bond acceptors (Lipinski definition) is 0. The Kier molecular flexibility index (Phi) is 6.74. The molecule has 2 aliphatic carbocycles. The highest BCUT2D eigenvalue weighted by molar-refractivity contribution is 6.06. The molecule has 234 valence electrons. The number of fused-ring (bicyclic) bond motifs is 7. The molecule has 0 heterocycles. The Hall–Kier alpha value is -6.24. The highest BCUT2D eigenvalue weighted by Gasteiger charge is 2.32. The molecule has 0 radical (unpaired) electrons. The van der Waals surface area contributed by atoms with Crippen LogP contribution in [0.25, 0.3) is 77.3 Å². The van der Waals surface area contributed by atoms with E-state index in [1.165, 1.54) is 88.0 Å². The highest BCUT2D eigenvalue weighted by atomic mass is 14.3. The van der Waals surface area contributed by atoms with E-state index < -0.39 is 0 Å². The lowest BCUT2D eigenvalue weighted by atomic mass is 9.69. The van der Waals surface area contributed by atoms with Crippen molar-refractivity contribution < 1.29 is 0 Å². The summed E-state index contributed by atoms with van der Waals surface area (Å²) >= 11 is 0. The molecular formula is C50H34. The normalized spacial score (nSPS) is 16.4. The van der Waals surface area contributed by atoms with Gasteiger partial charge in [-0.25, -0.2) is 0 Å². The first-order chi connectivity index (χ1) is 24.8. The lowest BCUT2D eigenvalue weighted by Crippen LogP contribution is -2.18. The minimum atomic E-state index is 0.274. The lowest BCUT2D eigenvalue weighted by Gasteiger charge is -2.34. The zero-order valence-electron chi connectivity index (χ0n) is 27.6. The van der Waals surface area contributed by atoms with E-state index in [1.807, 2.05) is 0 Å². The van der Waals surface area contributed by atoms with Gasteiger partial charge in [-0.2, -0.15) is 0 Å². The van der Waals surface area contributed by atoms with Crippen molar-refractivity contribution in [3.8, 4) is 33.4 Å². The zero-order chi connectivity index (χ0) is 33.0. The maximum atomic E-state index is 2.47. The van der Waals surface area contributed by atoms with Crippen molar-refractivity contribution in [2.75, 3.05) is 0 Å². The van der Waals surface area contributed by atoms with Gasteiger partial charge < -0.3 is 0 Å². The van der Waals surface area contributed by atoms with Crippen molar-refractivity contribution in [3.05, 3.63) is 205 Å². The van der Waals surface area contributed by atoms with Crippen LogP contribution in [0.4, 0.5) is 0 Å². The summed E-state index contributed by atoms with van der Waals surface area (Å²) in [5, 5.41) is 7.69. The van der Waals surface area contributed by atoms with Crippen LogP contribution in [0.5, 0.6) is 0 Å². The Labute approximate surface area is 293 Å². The largest absolute Gasteiger partial charge is 0.0761 e. The molecule has 0 nitrogen and oxygen atoms in total. The monoisotopic (exact) mass is 634 g/mol. The quantitative estimate of drug-likeness (QED) is 0.181. The van der Waals surface area contributed by atoms with E-state index in [4.69, 9.17) is 0 Å². The van der Waals surface area contributed by atoms with Gasteiger partial charge in [0.1, 0.15) is 0 Å². The average Bonchev–Trinajstić information content (AvgIpc) is 3.20. The van der Waals surface area contributed by atoms with Crippen LogP contribution in [-0.2, 0) is 0 Å². The molecule has 2 aliphatic rings. The molecule has 0 spiro atoms. The maximum absolute atomic E-state index is 2.47. The van der Waals surface area contributed by atoms with Crippen LogP contribution in [-0.4, -0.2) is 0 Å². The van der Waals surface area contributed by atoms with Gasteiger partial charge in [-0.3, -0.25) is 0 Å². The molecule has 0 N–H and O–H groups in total. The second-order valence-electron chi connectivity index (χ2n) is 13.7. The standard InChI is InChI=1S/C50H34/c1-3-11-39-29-41(27-21-33(39)9-1)35-17-23-37(24-18-35)47-31-49-46-16-8-6-14-44(46)48(32-50(49)45-15-7-5-13-43(45)47)38-25-19-36(20-26-38)42-28-22-34-10-2-4-12-40(34)30-42/h1-32,43,45H. The molecular weight excluding hydrogens is 601 g/mol. The van der Waals surface area contributed by atoms with E-state index in [9.17, 15) is 0 Å². The Morgan fingerprint density at radius 1 is 0.340 bits per heavy atom. The number of rotatable bonds is 4. The topological polar surface area (TPSA) is 0 Å². The van der Waals surface area contributed by atoms with Gasteiger partial charge in [0.2, 0.25) is 0 Å². The molecule has 0 aromatic heterocycles. The van der Waals surface area contributed by atoms with Gasteiger partial charge in [-0.15, -0.1) is 0 Å². The van der Waals surface area contributed by atoms with Crippen LogP contribution in [0.15, 0.2) is 188 Å². The smallest absolute Gasteiger partial charge is 0.0131 e. The third-order valence-corrected chi connectivity index (χ3v) is 10.9. The summed E-state index contributed by atoms with van der Waals surface area (Å²) in [7, 11) is 0. The fourth-order valence-corrected chi connectivity index (χ4v) is 8.26. The van der Waals surface area contributed by atoms with E-state index in [-0.39, 0.29) is 11.8 Å². The Balaban J connectivity index is 1.05. The van der Waals surface area contributed by atoms with Crippen LogP contribution in [0.2, 0.25) is 0 Å². The van der Waals surface area contributed by atoms with Crippen LogP contribution < -0.4 is 0 Å². The molecule has 2 unspecified atom stereocenters. The third kappa shape index (κ3) is 4.84. The molecule has 0 fully saturated rings. The van der Waals surface area contributed by atoms with Crippen molar-refractivity contribution in [2.24, 2.45) is 5.92 Å². The molecule has 2 atom stereocenters. The van der Waals surface area contributed by atoms with Crippen molar-refractivity contribution in [2.45, 2.75) is 5.92 Å². The van der Waals surface area contributed by atoms with Gasteiger partial charge in [-0.1, -0.05) is 170 Å². The maximum Gasteiger partial charge on any atom is 0.0131 e. The summed E-state index contributed by atoms with van der Waals surface area (Å²) < 4.78 is 0. The summed E-state index contributed by atoms with van der Waals surface area (Å²) in [5.74, 6) is 0.554. The summed E-state index contributed by atoms with van der Waals surface area (Å²) in [6.07, 6.45) is 11.7. The van der Waals surface area contributed by atoms with Crippen molar-refractivity contribution in [3.63, 3.8) is 0 Å². The minimum Gasteiger partial charge on any atom is -0.0761 e. The van der Waals surface area contributed by atoms with Crippen LogP contribution in [0.1, 0.15) is 22.6 Å². The molecule has 8 aromatic rings. The first kappa shape index (κ1) is 28.7. The summed E-state index contributed by atoms with van der Waals surface area (Å²) in [6, 6.07) is 60.4. The molecule has 8 aromatic carbocycles. The number of hydrogen-bond donors (Lipinski definition) is 0. The summed E-state index contributed by atoms with van der Waals surface area (Å²) in [6.45, 7) is 0. The molecule has 0 saturated heterocycles. The van der Waals surface area contributed by atoms with Crippen molar-refractivity contribution in [1.82, 2.24) is 0 Å². The molecule has 0 saturated carbocycles. The Morgan fingerprint density at radius 3 is 1.44 bits per heavy atom. The molecule has 0 heteroatoms. The molecule has 10 rings (SSSR count). The first-order valence-electron chi connectivity index (χ1n) is 17.6. The van der Waals surface area contributed by atoms with Crippen molar-refractivity contribution in [1.29, 1.82) is 0 Å². The van der Waals surface area contributed by atoms with Crippen molar-refractivity contribution >= 4 is 44.0 Å². The second-order valence-corrected chi connectivity index (χ2v) is 13.7. The summed E-state index contributed by atoms with van der Waals surface area (Å²) in [5.41, 5.74) is 12.9. The van der Waals surface area contributed by atoms with Gasteiger partial charge in [0.15, 0.2) is 0 Å². The fraction of sp³-hybridized carbons (Fsp3) is 0.0400.